The summed E-state index contributed by atoms with van der Waals surface area (Å²) in [5.41, 5.74) is 0.860. The molecule has 138 valence electrons. The third kappa shape index (κ3) is 3.86. The van der Waals surface area contributed by atoms with Crippen LogP contribution in [0.1, 0.15) is 61.7 Å². The smallest absolute Gasteiger partial charge is 0.292 e. The van der Waals surface area contributed by atoms with E-state index < -0.39 is 0 Å². The highest BCUT2D eigenvalue weighted by atomic mass is 16.5. The molecule has 2 amide bonds. The molecule has 1 N–H and O–H groups in total. The number of nitrogens with one attached hydrogen (secondary N) is 1. The molecule has 0 saturated carbocycles. The highest BCUT2D eigenvalue weighted by molar-refractivity contribution is 5.91. The number of piperazine rings is 1. The Morgan fingerprint density at radius 3 is 2.92 bits per heavy atom. The third-order valence-corrected chi connectivity index (χ3v) is 5.39. The van der Waals surface area contributed by atoms with E-state index in [1.54, 1.807) is 11.0 Å². The van der Waals surface area contributed by atoms with Crippen molar-refractivity contribution in [2.45, 2.75) is 51.5 Å². The van der Waals surface area contributed by atoms with E-state index in [2.05, 4.69) is 24.3 Å². The summed E-state index contributed by atoms with van der Waals surface area (Å²) in [6.45, 7) is 7.44. The average molecular weight is 348 g/mol. The maximum absolute atomic E-state index is 12.8. The molecular weight excluding hydrogens is 320 g/mol. The molecule has 1 aromatic heterocycles. The molecule has 2 saturated heterocycles. The number of aromatic nitrogens is 1. The van der Waals surface area contributed by atoms with Crippen LogP contribution in [0, 0.1) is 0 Å². The molecule has 0 spiro atoms. The first-order valence-electron chi connectivity index (χ1n) is 9.40. The van der Waals surface area contributed by atoms with Gasteiger partial charge in [-0.15, -0.1) is 0 Å². The van der Waals surface area contributed by atoms with E-state index in [4.69, 9.17) is 4.52 Å². The van der Waals surface area contributed by atoms with E-state index in [-0.39, 0.29) is 17.9 Å². The Hall–Kier alpha value is -1.89. The van der Waals surface area contributed by atoms with Gasteiger partial charge in [0.25, 0.3) is 5.91 Å². The molecule has 2 fully saturated rings. The van der Waals surface area contributed by atoms with E-state index in [1.807, 2.05) is 4.90 Å². The van der Waals surface area contributed by atoms with E-state index in [0.29, 0.717) is 37.9 Å². The molecule has 2 aliphatic rings. The number of carbonyl (C=O) groups excluding carboxylic acids is 2. The van der Waals surface area contributed by atoms with E-state index in [0.717, 1.165) is 37.9 Å². The van der Waals surface area contributed by atoms with Gasteiger partial charge in [-0.2, -0.15) is 0 Å². The van der Waals surface area contributed by atoms with Gasteiger partial charge < -0.3 is 19.6 Å². The second-order valence-corrected chi connectivity index (χ2v) is 6.94. The van der Waals surface area contributed by atoms with Gasteiger partial charge in [-0.3, -0.25) is 9.59 Å². The van der Waals surface area contributed by atoms with Crippen LogP contribution in [0.25, 0.3) is 0 Å². The van der Waals surface area contributed by atoms with Gasteiger partial charge in [0.1, 0.15) is 0 Å². The number of nitrogens with zero attached hydrogens (tertiary/aromatic N) is 3. The Kier molecular flexibility index (Phi) is 5.73. The molecule has 7 nitrogen and oxygen atoms in total. The second-order valence-electron chi connectivity index (χ2n) is 6.94. The van der Waals surface area contributed by atoms with Gasteiger partial charge in [0.05, 0.1) is 12.2 Å². The number of amides is 2. The Bertz CT molecular complexity index is 611. The average Bonchev–Trinajstić information content (AvgIpc) is 3.12. The normalized spacial score (nSPS) is 21.9. The van der Waals surface area contributed by atoms with E-state index >= 15 is 0 Å². The van der Waals surface area contributed by atoms with Crippen LogP contribution < -0.4 is 5.32 Å². The van der Waals surface area contributed by atoms with Crippen molar-refractivity contribution in [1.82, 2.24) is 20.3 Å². The van der Waals surface area contributed by atoms with Crippen LogP contribution >= 0.6 is 0 Å². The predicted octanol–water partition coefficient (Wildman–Crippen LogP) is 1.61. The van der Waals surface area contributed by atoms with Crippen molar-refractivity contribution >= 4 is 11.8 Å². The SMILES string of the molecule is CCC(CC)c1cc(C(=O)N2CCCC(N3CCNCC3=O)C2)on1. The first-order valence-corrected chi connectivity index (χ1v) is 9.40. The first kappa shape index (κ1) is 17.9. The number of piperidine rings is 1. The fourth-order valence-corrected chi connectivity index (χ4v) is 3.85. The monoisotopic (exact) mass is 348 g/mol. The molecule has 2 aliphatic heterocycles. The van der Waals surface area contributed by atoms with Crippen LogP contribution in [-0.4, -0.2) is 65.5 Å². The van der Waals surface area contributed by atoms with Crippen LogP contribution in [0.15, 0.2) is 10.6 Å². The summed E-state index contributed by atoms with van der Waals surface area (Å²) in [4.78, 5) is 28.6. The minimum Gasteiger partial charge on any atom is -0.351 e. The highest BCUT2D eigenvalue weighted by Crippen LogP contribution is 2.24. The zero-order valence-electron chi connectivity index (χ0n) is 15.2. The fraction of sp³-hybridized carbons (Fsp3) is 0.722. The molecule has 1 atom stereocenters. The molecule has 0 radical (unpaired) electrons. The number of rotatable bonds is 5. The summed E-state index contributed by atoms with van der Waals surface area (Å²) >= 11 is 0. The molecule has 25 heavy (non-hydrogen) atoms. The van der Waals surface area contributed by atoms with E-state index in [9.17, 15) is 9.59 Å². The molecule has 7 heteroatoms. The molecule has 1 unspecified atom stereocenters. The largest absolute Gasteiger partial charge is 0.351 e. The Morgan fingerprint density at radius 1 is 1.40 bits per heavy atom. The van der Waals surface area contributed by atoms with Gasteiger partial charge in [-0.25, -0.2) is 0 Å². The van der Waals surface area contributed by atoms with Gasteiger partial charge in [0, 0.05) is 44.2 Å². The lowest BCUT2D eigenvalue weighted by atomic mass is 9.99. The van der Waals surface area contributed by atoms with Gasteiger partial charge in [0.15, 0.2) is 0 Å². The molecule has 3 heterocycles. The van der Waals surface area contributed by atoms with Crippen LogP contribution in [-0.2, 0) is 4.79 Å². The summed E-state index contributed by atoms with van der Waals surface area (Å²) < 4.78 is 5.33. The molecule has 1 aromatic rings. The highest BCUT2D eigenvalue weighted by Gasteiger charge is 2.33. The van der Waals surface area contributed by atoms with Crippen LogP contribution in [0.5, 0.6) is 0 Å². The summed E-state index contributed by atoms with van der Waals surface area (Å²) in [5, 5.41) is 7.19. The summed E-state index contributed by atoms with van der Waals surface area (Å²) in [5.74, 6) is 0.658. The van der Waals surface area contributed by atoms with Crippen molar-refractivity contribution < 1.29 is 14.1 Å². The third-order valence-electron chi connectivity index (χ3n) is 5.39. The fourth-order valence-electron chi connectivity index (χ4n) is 3.85. The molecule has 0 bridgehead atoms. The van der Waals surface area contributed by atoms with Gasteiger partial charge in [0.2, 0.25) is 11.7 Å². The van der Waals surface area contributed by atoms with Crippen LogP contribution in [0.2, 0.25) is 0 Å². The number of likely N-dealkylation sites (tertiary alicyclic amines) is 1. The maximum Gasteiger partial charge on any atom is 0.292 e. The minimum atomic E-state index is -0.114. The van der Waals surface area contributed by atoms with Crippen molar-refractivity contribution in [3.8, 4) is 0 Å². The lowest BCUT2D eigenvalue weighted by Gasteiger charge is -2.40. The molecule has 0 aromatic carbocycles. The minimum absolute atomic E-state index is 0.105. The predicted molar refractivity (Wildman–Crippen MR) is 93.3 cm³/mol. The van der Waals surface area contributed by atoms with E-state index in [1.165, 1.54) is 0 Å². The topological polar surface area (TPSA) is 78.7 Å². The van der Waals surface area contributed by atoms with Gasteiger partial charge in [-0.05, 0) is 25.7 Å². The number of carbonyl (C=O) groups is 2. The van der Waals surface area contributed by atoms with Crippen molar-refractivity contribution in [3.05, 3.63) is 17.5 Å². The Labute approximate surface area is 148 Å². The molecule has 3 rings (SSSR count). The quantitative estimate of drug-likeness (QED) is 0.875. The summed E-state index contributed by atoms with van der Waals surface area (Å²) in [6.07, 6.45) is 3.81. The van der Waals surface area contributed by atoms with Crippen LogP contribution in [0.4, 0.5) is 0 Å². The number of hydrogen-bond donors (Lipinski definition) is 1. The number of hydrogen-bond acceptors (Lipinski definition) is 5. The lowest BCUT2D eigenvalue weighted by molar-refractivity contribution is -0.135. The lowest BCUT2D eigenvalue weighted by Crippen LogP contribution is -2.57. The zero-order chi connectivity index (χ0) is 17.8. The van der Waals surface area contributed by atoms with Crippen molar-refractivity contribution in [2.24, 2.45) is 0 Å². The van der Waals surface area contributed by atoms with Gasteiger partial charge in [-0.1, -0.05) is 19.0 Å². The zero-order valence-corrected chi connectivity index (χ0v) is 15.2. The van der Waals surface area contributed by atoms with Crippen molar-refractivity contribution in [3.63, 3.8) is 0 Å². The standard InChI is InChI=1S/C18H28N4O3/c1-3-13(4-2)15-10-16(25-20-15)18(24)21-8-5-6-14(12-21)22-9-7-19-11-17(22)23/h10,13-14,19H,3-9,11-12H2,1-2H3. The summed E-state index contributed by atoms with van der Waals surface area (Å²) in [7, 11) is 0. The second kappa shape index (κ2) is 7.99. The van der Waals surface area contributed by atoms with Crippen molar-refractivity contribution in [1.29, 1.82) is 0 Å². The molecular formula is C18H28N4O3. The maximum atomic E-state index is 12.8. The summed E-state index contributed by atoms with van der Waals surface area (Å²) in [6, 6.07) is 1.90. The van der Waals surface area contributed by atoms with Gasteiger partial charge >= 0.3 is 0 Å². The Balaban J connectivity index is 1.66. The van der Waals surface area contributed by atoms with Crippen molar-refractivity contribution in [2.75, 3.05) is 32.7 Å². The van der Waals surface area contributed by atoms with Crippen LogP contribution in [0.3, 0.4) is 0 Å². The molecule has 0 aliphatic carbocycles. The Morgan fingerprint density at radius 2 is 2.20 bits per heavy atom. The first-order chi connectivity index (χ1) is 12.1.